The van der Waals surface area contributed by atoms with Crippen molar-refractivity contribution in [2.75, 3.05) is 37.6 Å². The predicted octanol–water partition coefficient (Wildman–Crippen LogP) is 2.39. The molecule has 0 amide bonds. The lowest BCUT2D eigenvalue weighted by Gasteiger charge is -2.35. The summed E-state index contributed by atoms with van der Waals surface area (Å²) in [6.45, 7) is 5.99. The SMILES string of the molecule is O=c1cnc2ccccc2n1CCCCN1CCN(c2ccccn2)CC1. The number of anilines is 1. The summed E-state index contributed by atoms with van der Waals surface area (Å²) < 4.78 is 1.85. The van der Waals surface area contributed by atoms with E-state index >= 15 is 0 Å². The third-order valence-corrected chi connectivity index (χ3v) is 5.20. The van der Waals surface area contributed by atoms with Crippen molar-refractivity contribution < 1.29 is 0 Å². The molecule has 2 aromatic heterocycles. The average molecular weight is 363 g/mol. The zero-order chi connectivity index (χ0) is 18.5. The highest BCUT2D eigenvalue weighted by Crippen LogP contribution is 2.13. The molecule has 0 bridgehead atoms. The molecule has 1 fully saturated rings. The second-order valence-electron chi connectivity index (χ2n) is 6.96. The van der Waals surface area contributed by atoms with E-state index in [4.69, 9.17) is 0 Å². The molecule has 1 saturated heterocycles. The van der Waals surface area contributed by atoms with E-state index < -0.39 is 0 Å². The minimum atomic E-state index is -0.0160. The molecule has 6 nitrogen and oxygen atoms in total. The van der Waals surface area contributed by atoms with Gasteiger partial charge in [-0.3, -0.25) is 9.69 Å². The van der Waals surface area contributed by atoms with Gasteiger partial charge in [-0.25, -0.2) is 9.97 Å². The molecule has 1 aliphatic rings. The first-order valence-electron chi connectivity index (χ1n) is 9.64. The van der Waals surface area contributed by atoms with Gasteiger partial charge in [-0.15, -0.1) is 0 Å². The van der Waals surface area contributed by atoms with Crippen molar-refractivity contribution in [2.24, 2.45) is 0 Å². The molecule has 4 rings (SSSR count). The summed E-state index contributed by atoms with van der Waals surface area (Å²) >= 11 is 0. The van der Waals surface area contributed by atoms with Gasteiger partial charge in [0.15, 0.2) is 0 Å². The average Bonchev–Trinajstić information content (AvgIpc) is 2.73. The van der Waals surface area contributed by atoms with Crippen molar-refractivity contribution in [3.8, 4) is 0 Å². The van der Waals surface area contributed by atoms with Crippen molar-refractivity contribution in [1.29, 1.82) is 0 Å². The van der Waals surface area contributed by atoms with Crippen LogP contribution in [0.3, 0.4) is 0 Å². The Morgan fingerprint density at radius 2 is 1.63 bits per heavy atom. The van der Waals surface area contributed by atoms with E-state index in [1.54, 1.807) is 0 Å². The van der Waals surface area contributed by atoms with Crippen LogP contribution in [0.2, 0.25) is 0 Å². The number of benzene rings is 1. The number of pyridine rings is 1. The van der Waals surface area contributed by atoms with Crippen LogP contribution in [0.5, 0.6) is 0 Å². The van der Waals surface area contributed by atoms with Gasteiger partial charge in [-0.1, -0.05) is 18.2 Å². The Morgan fingerprint density at radius 3 is 2.44 bits per heavy atom. The summed E-state index contributed by atoms with van der Waals surface area (Å²) in [4.78, 5) is 25.7. The van der Waals surface area contributed by atoms with E-state index in [0.717, 1.165) is 69.0 Å². The Hall–Kier alpha value is -2.73. The van der Waals surface area contributed by atoms with Gasteiger partial charge >= 0.3 is 0 Å². The Bertz CT molecular complexity index is 932. The van der Waals surface area contributed by atoms with Crippen LogP contribution in [0.25, 0.3) is 11.0 Å². The number of aryl methyl sites for hydroxylation is 1. The highest BCUT2D eigenvalue weighted by atomic mass is 16.1. The fourth-order valence-electron chi connectivity index (χ4n) is 3.69. The number of hydrogen-bond donors (Lipinski definition) is 0. The largest absolute Gasteiger partial charge is 0.354 e. The molecule has 0 N–H and O–H groups in total. The van der Waals surface area contributed by atoms with Gasteiger partial charge in [-0.05, 0) is 43.7 Å². The lowest BCUT2D eigenvalue weighted by molar-refractivity contribution is 0.251. The Kier molecular flexibility index (Phi) is 5.44. The van der Waals surface area contributed by atoms with E-state index in [0.29, 0.717) is 0 Å². The second kappa shape index (κ2) is 8.31. The van der Waals surface area contributed by atoms with Gasteiger partial charge < -0.3 is 9.47 Å². The number of aromatic nitrogens is 3. The van der Waals surface area contributed by atoms with Crippen molar-refractivity contribution in [3.05, 3.63) is 65.2 Å². The van der Waals surface area contributed by atoms with Crippen molar-refractivity contribution in [3.63, 3.8) is 0 Å². The number of piperazine rings is 1. The Balaban J connectivity index is 1.26. The molecule has 0 radical (unpaired) electrons. The molecule has 27 heavy (non-hydrogen) atoms. The van der Waals surface area contributed by atoms with E-state index in [1.165, 1.54) is 6.20 Å². The minimum Gasteiger partial charge on any atom is -0.354 e. The van der Waals surface area contributed by atoms with Crippen LogP contribution in [0.1, 0.15) is 12.8 Å². The van der Waals surface area contributed by atoms with E-state index in [1.807, 2.05) is 47.2 Å². The van der Waals surface area contributed by atoms with Crippen LogP contribution >= 0.6 is 0 Å². The van der Waals surface area contributed by atoms with Crippen molar-refractivity contribution in [2.45, 2.75) is 19.4 Å². The van der Waals surface area contributed by atoms with E-state index in [9.17, 15) is 4.79 Å². The van der Waals surface area contributed by atoms with Gasteiger partial charge in [0.25, 0.3) is 5.56 Å². The maximum absolute atomic E-state index is 12.2. The number of fused-ring (bicyclic) bond motifs is 1. The summed E-state index contributed by atoms with van der Waals surface area (Å²) in [7, 11) is 0. The molecule has 3 heterocycles. The molecular formula is C21H25N5O. The molecule has 0 unspecified atom stereocenters. The number of unbranched alkanes of at least 4 members (excludes halogenated alkanes) is 1. The van der Waals surface area contributed by atoms with Gasteiger partial charge in [0.2, 0.25) is 0 Å². The molecule has 0 spiro atoms. The van der Waals surface area contributed by atoms with Crippen LogP contribution in [-0.2, 0) is 6.54 Å². The standard InChI is InChI=1S/C21H25N5O/c27-21-17-23-18-7-1-2-8-19(18)26(21)12-6-5-11-24-13-15-25(16-14-24)20-9-3-4-10-22-20/h1-4,7-10,17H,5-6,11-16H2. The topological polar surface area (TPSA) is 54.3 Å². The maximum Gasteiger partial charge on any atom is 0.269 e. The van der Waals surface area contributed by atoms with Gasteiger partial charge in [-0.2, -0.15) is 0 Å². The summed E-state index contributed by atoms with van der Waals surface area (Å²) in [6.07, 6.45) is 5.37. The summed E-state index contributed by atoms with van der Waals surface area (Å²) in [5.41, 5.74) is 1.79. The number of nitrogens with zero attached hydrogens (tertiary/aromatic N) is 5. The molecule has 0 aliphatic carbocycles. The van der Waals surface area contributed by atoms with Crippen LogP contribution in [-0.4, -0.2) is 52.2 Å². The smallest absolute Gasteiger partial charge is 0.269 e. The molecule has 3 aromatic rings. The minimum absolute atomic E-state index is 0.0160. The first kappa shape index (κ1) is 17.7. The monoisotopic (exact) mass is 363 g/mol. The van der Waals surface area contributed by atoms with Crippen LogP contribution < -0.4 is 10.5 Å². The zero-order valence-corrected chi connectivity index (χ0v) is 15.5. The van der Waals surface area contributed by atoms with Crippen molar-refractivity contribution in [1.82, 2.24) is 19.4 Å². The third kappa shape index (κ3) is 4.17. The van der Waals surface area contributed by atoms with Crippen molar-refractivity contribution >= 4 is 16.9 Å². The van der Waals surface area contributed by atoms with Gasteiger partial charge in [0.05, 0.1) is 17.2 Å². The summed E-state index contributed by atoms with van der Waals surface area (Å²) in [5, 5.41) is 0. The first-order valence-corrected chi connectivity index (χ1v) is 9.64. The Morgan fingerprint density at radius 1 is 0.852 bits per heavy atom. The van der Waals surface area contributed by atoms with E-state index in [2.05, 4.69) is 25.8 Å². The van der Waals surface area contributed by atoms with E-state index in [-0.39, 0.29) is 5.56 Å². The second-order valence-corrected chi connectivity index (χ2v) is 6.96. The quantitative estimate of drug-likeness (QED) is 0.630. The normalized spacial score (nSPS) is 15.3. The Labute approximate surface area is 159 Å². The lowest BCUT2D eigenvalue weighted by atomic mass is 10.2. The number of para-hydroxylation sites is 2. The van der Waals surface area contributed by atoms with Gasteiger partial charge in [0.1, 0.15) is 5.82 Å². The molecule has 1 aromatic carbocycles. The molecule has 140 valence electrons. The molecule has 6 heteroatoms. The fourth-order valence-corrected chi connectivity index (χ4v) is 3.69. The van der Waals surface area contributed by atoms with Crippen LogP contribution in [0.4, 0.5) is 5.82 Å². The highest BCUT2D eigenvalue weighted by Gasteiger charge is 2.17. The van der Waals surface area contributed by atoms with Crippen LogP contribution in [0.15, 0.2) is 59.7 Å². The zero-order valence-electron chi connectivity index (χ0n) is 15.5. The third-order valence-electron chi connectivity index (χ3n) is 5.20. The summed E-state index contributed by atoms with van der Waals surface area (Å²) in [6, 6.07) is 13.9. The molecule has 0 saturated carbocycles. The molecule has 1 aliphatic heterocycles. The first-order chi connectivity index (χ1) is 13.3. The predicted molar refractivity (Wildman–Crippen MR) is 108 cm³/mol. The number of rotatable bonds is 6. The summed E-state index contributed by atoms with van der Waals surface area (Å²) in [5.74, 6) is 1.07. The van der Waals surface area contributed by atoms with Crippen LogP contribution in [0, 0.1) is 0 Å². The maximum atomic E-state index is 12.2. The highest BCUT2D eigenvalue weighted by molar-refractivity contribution is 5.74. The lowest BCUT2D eigenvalue weighted by Crippen LogP contribution is -2.46. The molecular weight excluding hydrogens is 338 g/mol. The van der Waals surface area contributed by atoms with Gasteiger partial charge in [0, 0.05) is 38.9 Å². The number of hydrogen-bond acceptors (Lipinski definition) is 5. The molecule has 0 atom stereocenters. The fraction of sp³-hybridized carbons (Fsp3) is 0.381.